The summed E-state index contributed by atoms with van der Waals surface area (Å²) in [7, 11) is 0. The van der Waals surface area contributed by atoms with Gasteiger partial charge in [-0.05, 0) is 6.42 Å². The SMILES string of the molecule is NC(CO)(CO)CO.NC[C@@H]1O[C@H](O[C@H]2[C@@H](O)[C@H](O[C@@H]3[C@@H](O)[C@H](N)C[C@H](N)[C@H]3O[C@H]3O[C@H](CN)[C@@H](O)[C@H](O)[C@H]3N)O[C@@H]2CO)[C@H](N)[C@@H](O)[C@@H]1O.O=C(O)CN(CCN(CC(=O)O)CC(=O)O)CC(=O)O. The minimum absolute atomic E-state index is 0.0703. The summed E-state index contributed by atoms with van der Waals surface area (Å²) in [6, 6.07) is -4.18. The summed E-state index contributed by atoms with van der Waals surface area (Å²) in [4.78, 5) is 44.4. The first-order valence-corrected chi connectivity index (χ1v) is 21.7. The van der Waals surface area contributed by atoms with Gasteiger partial charge in [0.25, 0.3) is 0 Å². The van der Waals surface area contributed by atoms with E-state index in [0.717, 1.165) is 9.80 Å². The topological polar surface area (TPSA) is 596 Å². The lowest BCUT2D eigenvalue weighted by atomic mass is 9.84. The Morgan fingerprint density at radius 2 is 0.857 bits per heavy atom. The number of aliphatic carboxylic acids is 4. The number of carboxylic acid groups (broad SMARTS) is 4. The largest absolute Gasteiger partial charge is 0.480 e. The van der Waals surface area contributed by atoms with Gasteiger partial charge in [0.15, 0.2) is 18.9 Å². The second-order valence-electron chi connectivity index (χ2n) is 17.1. The molecular weight excluding hydrogens is 954 g/mol. The number of ether oxygens (including phenoxy) is 6. The molecule has 1 saturated carbocycles. The number of carbonyl (C=O) groups is 4. The number of hydrogen-bond acceptors (Lipinski definition) is 29. The summed E-state index contributed by atoms with van der Waals surface area (Å²) in [5.41, 5.74) is 39.6. The van der Waals surface area contributed by atoms with Gasteiger partial charge < -0.3 is 140 Å². The van der Waals surface area contributed by atoms with Crippen molar-refractivity contribution in [2.24, 2.45) is 40.1 Å². The van der Waals surface area contributed by atoms with Crippen LogP contribution in [-0.4, -0.2) is 306 Å². The van der Waals surface area contributed by atoms with E-state index in [1.54, 1.807) is 0 Å². The average Bonchev–Trinajstić information content (AvgIpc) is 3.60. The molecule has 0 spiro atoms. The first-order valence-electron chi connectivity index (χ1n) is 21.7. The highest BCUT2D eigenvalue weighted by atomic mass is 16.8. The standard InChI is InChI=1S/C23H46N6O13.C10H16N2O8.C4H11NO3/c24-2-7-13(32)15(34)10(28)21(37-7)40-18-6(27)1-5(26)12(31)20(18)42-23-17(36)19(9(4-30)39-23)41-22-11(29)16(35)14(33)8(3-25)38-22;13-7(14)3-11(4-8(15)16)1-2-12(5-9(17)18)6-10(19)20;5-4(1-6,2-7)3-8/h5-23,30-36H,1-4,24-29H2;1-6H2,(H,13,14)(H,15,16)(H,17,18)(H,19,20);6-8H,1-3,5H2/t5-,6+,7-,8+,9-,10-,11-,12+,13-,14-,15-,16-,17-,18-,19-,20-,21-,22-,23+;;/m1../s1. The van der Waals surface area contributed by atoms with E-state index in [1.807, 2.05) is 0 Å². The van der Waals surface area contributed by atoms with E-state index in [0.29, 0.717) is 0 Å². The molecule has 1 aliphatic carbocycles. The Morgan fingerprint density at radius 3 is 1.19 bits per heavy atom. The molecular formula is C37H73N9O24. The van der Waals surface area contributed by atoms with Crippen LogP contribution in [0.25, 0.3) is 0 Å². The van der Waals surface area contributed by atoms with E-state index in [-0.39, 0.29) is 32.6 Å². The van der Waals surface area contributed by atoms with E-state index >= 15 is 0 Å². The smallest absolute Gasteiger partial charge is 0.317 e. The molecule has 0 radical (unpaired) electrons. The Hall–Kier alpha value is -3.12. The van der Waals surface area contributed by atoms with Crippen LogP contribution in [0.1, 0.15) is 6.42 Å². The molecule has 0 bridgehead atoms. The normalized spacial score (nSPS) is 36.7. The lowest BCUT2D eigenvalue weighted by Crippen LogP contribution is -2.68. The van der Waals surface area contributed by atoms with Crippen molar-refractivity contribution in [3.63, 3.8) is 0 Å². The van der Waals surface area contributed by atoms with Crippen LogP contribution >= 0.6 is 0 Å². The summed E-state index contributed by atoms with van der Waals surface area (Å²) in [5, 5.41) is 132. The summed E-state index contributed by atoms with van der Waals surface area (Å²) >= 11 is 0. The van der Waals surface area contributed by atoms with Crippen molar-refractivity contribution in [1.82, 2.24) is 9.80 Å². The average molecular weight is 1030 g/mol. The number of aliphatic hydroxyl groups excluding tert-OH is 10. The van der Waals surface area contributed by atoms with Gasteiger partial charge in [0.1, 0.15) is 67.1 Å². The van der Waals surface area contributed by atoms with E-state index in [2.05, 4.69) is 0 Å². The van der Waals surface area contributed by atoms with E-state index in [4.69, 9.17) is 104 Å². The molecule has 0 aromatic carbocycles. The number of hydrogen-bond donors (Lipinski definition) is 21. The maximum Gasteiger partial charge on any atom is 0.317 e. The number of nitrogens with two attached hydrogens (primary N) is 7. The maximum absolute atomic E-state index is 11.1. The van der Waals surface area contributed by atoms with Gasteiger partial charge in [0.05, 0.1) is 76.3 Å². The Labute approximate surface area is 399 Å². The monoisotopic (exact) mass is 1030 g/mol. The summed E-state index contributed by atoms with van der Waals surface area (Å²) < 4.78 is 34.6. The minimum atomic E-state index is -1.60. The number of rotatable bonds is 23. The molecule has 33 heteroatoms. The van der Waals surface area contributed by atoms with Gasteiger partial charge in [0.2, 0.25) is 0 Å². The van der Waals surface area contributed by atoms with E-state index in [9.17, 15) is 54.9 Å². The number of nitrogens with zero attached hydrogens (tertiary/aromatic N) is 2. The molecule has 0 aromatic rings. The Kier molecular flexibility index (Phi) is 26.6. The Bertz CT molecular complexity index is 1520. The highest BCUT2D eigenvalue weighted by molar-refractivity contribution is 5.73. The predicted octanol–water partition coefficient (Wildman–Crippen LogP) is -13.3. The zero-order valence-corrected chi connectivity index (χ0v) is 37.9. The zero-order chi connectivity index (χ0) is 53.4. The van der Waals surface area contributed by atoms with Gasteiger partial charge in [-0.2, -0.15) is 0 Å². The van der Waals surface area contributed by atoms with Crippen LogP contribution in [0.4, 0.5) is 0 Å². The highest BCUT2D eigenvalue weighted by Crippen LogP contribution is 2.34. The fourth-order valence-electron chi connectivity index (χ4n) is 7.37. The van der Waals surface area contributed by atoms with E-state index in [1.165, 1.54) is 0 Å². The van der Waals surface area contributed by atoms with Crippen LogP contribution in [0.2, 0.25) is 0 Å². The lowest BCUT2D eigenvalue weighted by Gasteiger charge is -2.47. The van der Waals surface area contributed by atoms with Crippen LogP contribution in [0.3, 0.4) is 0 Å². The van der Waals surface area contributed by atoms with Crippen molar-refractivity contribution in [3.05, 3.63) is 0 Å². The lowest BCUT2D eigenvalue weighted by molar-refractivity contribution is -0.306. The van der Waals surface area contributed by atoms with Crippen LogP contribution < -0.4 is 40.1 Å². The van der Waals surface area contributed by atoms with Gasteiger partial charge in [-0.15, -0.1) is 0 Å². The molecule has 33 nitrogen and oxygen atoms in total. The second kappa shape index (κ2) is 29.5. The Morgan fingerprint density at radius 1 is 0.500 bits per heavy atom. The van der Waals surface area contributed by atoms with Crippen molar-refractivity contribution >= 4 is 23.9 Å². The molecule has 0 amide bonds. The number of carboxylic acids is 4. The molecule has 3 aliphatic heterocycles. The molecule has 0 unspecified atom stereocenters. The molecule has 70 heavy (non-hydrogen) atoms. The third-order valence-corrected chi connectivity index (χ3v) is 11.5. The van der Waals surface area contributed by atoms with Crippen molar-refractivity contribution in [2.75, 3.05) is 78.8 Å². The van der Waals surface area contributed by atoms with Crippen LogP contribution in [0.15, 0.2) is 0 Å². The van der Waals surface area contributed by atoms with Gasteiger partial charge in [-0.3, -0.25) is 29.0 Å². The molecule has 19 atom stereocenters. The van der Waals surface area contributed by atoms with Crippen LogP contribution in [0, 0.1) is 0 Å². The molecule has 28 N–H and O–H groups in total. The van der Waals surface area contributed by atoms with Gasteiger partial charge >= 0.3 is 23.9 Å². The second-order valence-corrected chi connectivity index (χ2v) is 17.1. The highest BCUT2D eigenvalue weighted by Gasteiger charge is 2.54. The molecule has 4 rings (SSSR count). The van der Waals surface area contributed by atoms with Crippen LogP contribution in [0.5, 0.6) is 0 Å². The summed E-state index contributed by atoms with van der Waals surface area (Å²) in [6.07, 6.45) is -19.8. The maximum atomic E-state index is 11.1. The Balaban J connectivity index is 0.000000497. The molecule has 4 aliphatic rings. The van der Waals surface area contributed by atoms with Crippen molar-refractivity contribution in [3.8, 4) is 0 Å². The molecule has 0 aromatic heterocycles. The van der Waals surface area contributed by atoms with Crippen molar-refractivity contribution in [2.45, 2.75) is 128 Å². The molecule has 410 valence electrons. The first kappa shape index (κ1) is 63.0. The fraction of sp³-hybridized carbons (Fsp3) is 0.892. The zero-order valence-electron chi connectivity index (χ0n) is 37.9. The summed E-state index contributed by atoms with van der Waals surface area (Å²) in [6.45, 7) is -4.43. The van der Waals surface area contributed by atoms with Crippen LogP contribution in [-0.2, 0) is 47.6 Å². The van der Waals surface area contributed by atoms with Gasteiger partial charge in [-0.1, -0.05) is 0 Å². The summed E-state index contributed by atoms with van der Waals surface area (Å²) in [5.74, 6) is -4.91. The minimum Gasteiger partial charge on any atom is -0.480 e. The number of aliphatic hydroxyl groups is 10. The van der Waals surface area contributed by atoms with E-state index < -0.39 is 198 Å². The fourth-order valence-corrected chi connectivity index (χ4v) is 7.37. The third-order valence-electron chi connectivity index (χ3n) is 11.5. The molecule has 3 saturated heterocycles. The molecule has 4 fully saturated rings. The third kappa shape index (κ3) is 18.1. The van der Waals surface area contributed by atoms with Gasteiger partial charge in [-0.25, -0.2) is 0 Å². The molecule has 3 heterocycles. The van der Waals surface area contributed by atoms with Crippen molar-refractivity contribution in [1.29, 1.82) is 0 Å². The van der Waals surface area contributed by atoms with Gasteiger partial charge in [0, 0.05) is 38.3 Å². The van der Waals surface area contributed by atoms with Crippen molar-refractivity contribution < 1.29 is 119 Å². The quantitative estimate of drug-likeness (QED) is 0.0452. The first-order chi connectivity index (χ1) is 32.7. The predicted molar refractivity (Wildman–Crippen MR) is 230 cm³/mol.